The van der Waals surface area contributed by atoms with Crippen LogP contribution in [0.1, 0.15) is 31.1 Å². The molecule has 0 aliphatic carbocycles. The van der Waals surface area contributed by atoms with Gasteiger partial charge in [0.05, 0.1) is 0 Å². The fourth-order valence-electron chi connectivity index (χ4n) is 1.54. The van der Waals surface area contributed by atoms with Crippen LogP contribution in [-0.4, -0.2) is 4.75 Å². The summed E-state index contributed by atoms with van der Waals surface area (Å²) in [5.74, 6) is 0. The quantitative estimate of drug-likeness (QED) is 0.634. The smallest absolute Gasteiger partial charge is 0.0414 e. The molecule has 1 aromatic carbocycles. The number of benzene rings is 1. The third kappa shape index (κ3) is 2.23. The van der Waals surface area contributed by atoms with E-state index in [0.29, 0.717) is 10.00 Å². The van der Waals surface area contributed by atoms with Crippen molar-refractivity contribution in [2.75, 3.05) is 0 Å². The predicted octanol–water partition coefficient (Wildman–Crippen LogP) is 4.29. The first-order valence-electron chi connectivity index (χ1n) is 4.57. The van der Waals surface area contributed by atoms with E-state index in [2.05, 4.69) is 44.2 Å². The van der Waals surface area contributed by atoms with Crippen molar-refractivity contribution >= 4 is 21.6 Å². The van der Waals surface area contributed by atoms with Crippen molar-refractivity contribution in [1.29, 1.82) is 0 Å². The SMILES string of the molecule is CC1(C)CC(c2ccccc2)SS1. The van der Waals surface area contributed by atoms with E-state index < -0.39 is 0 Å². The molecule has 2 heteroatoms. The summed E-state index contributed by atoms with van der Waals surface area (Å²) in [5, 5.41) is 0.696. The highest BCUT2D eigenvalue weighted by Gasteiger charge is 2.33. The maximum Gasteiger partial charge on any atom is 0.0414 e. The van der Waals surface area contributed by atoms with Crippen LogP contribution in [0, 0.1) is 0 Å². The van der Waals surface area contributed by atoms with Crippen LogP contribution in [0.15, 0.2) is 30.3 Å². The summed E-state index contributed by atoms with van der Waals surface area (Å²) in [4.78, 5) is 0. The van der Waals surface area contributed by atoms with E-state index in [1.807, 2.05) is 21.6 Å². The molecule has 1 fully saturated rings. The van der Waals surface area contributed by atoms with Gasteiger partial charge in [0.1, 0.15) is 0 Å². The van der Waals surface area contributed by atoms with E-state index >= 15 is 0 Å². The molecule has 0 amide bonds. The van der Waals surface area contributed by atoms with E-state index in [-0.39, 0.29) is 0 Å². The van der Waals surface area contributed by atoms with Gasteiger partial charge in [-0.3, -0.25) is 0 Å². The lowest BCUT2D eigenvalue weighted by atomic mass is 10.0. The van der Waals surface area contributed by atoms with Crippen LogP contribution in [0.4, 0.5) is 0 Å². The molecule has 1 unspecified atom stereocenters. The summed E-state index contributed by atoms with van der Waals surface area (Å²) in [5.41, 5.74) is 1.48. The first-order chi connectivity index (χ1) is 6.17. The van der Waals surface area contributed by atoms with E-state index in [1.54, 1.807) is 0 Å². The summed E-state index contributed by atoms with van der Waals surface area (Å²) < 4.78 is 0.450. The van der Waals surface area contributed by atoms with Crippen LogP contribution in [-0.2, 0) is 0 Å². The van der Waals surface area contributed by atoms with E-state index in [0.717, 1.165) is 0 Å². The Bertz CT molecular complexity index is 279. The van der Waals surface area contributed by atoms with Gasteiger partial charge in [-0.05, 0) is 25.8 Å². The highest BCUT2D eigenvalue weighted by molar-refractivity contribution is 8.77. The minimum absolute atomic E-state index is 0.450. The van der Waals surface area contributed by atoms with Crippen molar-refractivity contribution in [3.8, 4) is 0 Å². The van der Waals surface area contributed by atoms with Crippen molar-refractivity contribution in [3.63, 3.8) is 0 Å². The van der Waals surface area contributed by atoms with Crippen molar-refractivity contribution in [3.05, 3.63) is 35.9 Å². The van der Waals surface area contributed by atoms with Crippen molar-refractivity contribution in [1.82, 2.24) is 0 Å². The van der Waals surface area contributed by atoms with Gasteiger partial charge in [-0.2, -0.15) is 0 Å². The predicted molar refractivity (Wildman–Crippen MR) is 63.1 cm³/mol. The maximum absolute atomic E-state index is 2.33. The third-order valence-corrected chi connectivity index (χ3v) is 5.96. The molecule has 1 aromatic rings. The van der Waals surface area contributed by atoms with Gasteiger partial charge in [0.25, 0.3) is 0 Å². The molecule has 0 nitrogen and oxygen atoms in total. The molecule has 0 aromatic heterocycles. The minimum atomic E-state index is 0.450. The largest absolute Gasteiger partial charge is 0.0872 e. The van der Waals surface area contributed by atoms with Crippen molar-refractivity contribution in [2.45, 2.75) is 30.3 Å². The van der Waals surface area contributed by atoms with Gasteiger partial charge in [-0.25, -0.2) is 0 Å². The first kappa shape index (κ1) is 9.47. The van der Waals surface area contributed by atoms with Crippen LogP contribution in [0.5, 0.6) is 0 Å². The van der Waals surface area contributed by atoms with Gasteiger partial charge in [0, 0.05) is 10.00 Å². The summed E-state index contributed by atoms with van der Waals surface area (Å²) in [6.45, 7) is 4.65. The normalized spacial score (nSPS) is 26.2. The van der Waals surface area contributed by atoms with E-state index in [4.69, 9.17) is 0 Å². The molecule has 0 N–H and O–H groups in total. The zero-order valence-electron chi connectivity index (χ0n) is 7.99. The van der Waals surface area contributed by atoms with E-state index in [1.165, 1.54) is 12.0 Å². The number of hydrogen-bond acceptors (Lipinski definition) is 2. The average Bonchev–Trinajstić information content (AvgIpc) is 2.48. The first-order valence-corrected chi connectivity index (χ1v) is 6.78. The molecule has 0 radical (unpaired) electrons. The third-order valence-electron chi connectivity index (χ3n) is 2.24. The molecule has 0 saturated carbocycles. The number of hydrogen-bond donors (Lipinski definition) is 0. The van der Waals surface area contributed by atoms with E-state index in [9.17, 15) is 0 Å². The van der Waals surface area contributed by atoms with Crippen molar-refractivity contribution < 1.29 is 0 Å². The Kier molecular flexibility index (Phi) is 2.61. The molecule has 70 valence electrons. The highest BCUT2D eigenvalue weighted by atomic mass is 33.1. The average molecular weight is 210 g/mol. The Morgan fingerprint density at radius 2 is 1.92 bits per heavy atom. The lowest BCUT2D eigenvalue weighted by Crippen LogP contribution is -2.09. The Morgan fingerprint density at radius 3 is 2.46 bits per heavy atom. The van der Waals surface area contributed by atoms with Gasteiger partial charge < -0.3 is 0 Å². The van der Waals surface area contributed by atoms with Crippen LogP contribution in [0.3, 0.4) is 0 Å². The molecule has 1 atom stereocenters. The summed E-state index contributed by atoms with van der Waals surface area (Å²) in [6, 6.07) is 10.8. The molecule has 1 saturated heterocycles. The molecular formula is C11H14S2. The molecule has 2 rings (SSSR count). The van der Waals surface area contributed by atoms with Gasteiger partial charge >= 0.3 is 0 Å². The topological polar surface area (TPSA) is 0 Å². The number of rotatable bonds is 1. The Labute approximate surface area is 87.9 Å². The van der Waals surface area contributed by atoms with Crippen molar-refractivity contribution in [2.24, 2.45) is 0 Å². The fraction of sp³-hybridized carbons (Fsp3) is 0.455. The second-order valence-corrected chi connectivity index (χ2v) is 7.15. The summed E-state index contributed by atoms with van der Waals surface area (Å²) in [6.07, 6.45) is 1.28. The second kappa shape index (κ2) is 3.58. The van der Waals surface area contributed by atoms with Gasteiger partial charge in [-0.1, -0.05) is 51.9 Å². The zero-order valence-corrected chi connectivity index (χ0v) is 9.62. The minimum Gasteiger partial charge on any atom is -0.0872 e. The molecule has 1 heterocycles. The fourth-order valence-corrected chi connectivity index (χ4v) is 4.89. The van der Waals surface area contributed by atoms with Crippen LogP contribution < -0.4 is 0 Å². The van der Waals surface area contributed by atoms with Crippen LogP contribution >= 0.6 is 21.6 Å². The van der Waals surface area contributed by atoms with Gasteiger partial charge in [0.15, 0.2) is 0 Å². The molecule has 0 spiro atoms. The monoisotopic (exact) mass is 210 g/mol. The maximum atomic E-state index is 2.33. The summed E-state index contributed by atoms with van der Waals surface area (Å²) in [7, 11) is 4.04. The lowest BCUT2D eigenvalue weighted by molar-refractivity contribution is 0.645. The molecule has 1 aliphatic heterocycles. The van der Waals surface area contributed by atoms with Crippen LogP contribution in [0.2, 0.25) is 0 Å². The lowest BCUT2D eigenvalue weighted by Gasteiger charge is -2.14. The molecule has 13 heavy (non-hydrogen) atoms. The zero-order chi connectivity index (χ0) is 9.31. The Balaban J connectivity index is 2.13. The standard InChI is InChI=1S/C11H14S2/c1-11(2)8-10(12-13-11)9-6-4-3-5-7-9/h3-7,10H,8H2,1-2H3. The summed E-state index contributed by atoms with van der Waals surface area (Å²) >= 11 is 0. The highest BCUT2D eigenvalue weighted by Crippen LogP contribution is 2.57. The Morgan fingerprint density at radius 1 is 1.23 bits per heavy atom. The second-order valence-electron chi connectivity index (χ2n) is 4.04. The molecule has 1 aliphatic rings. The van der Waals surface area contributed by atoms with Gasteiger partial charge in [0.2, 0.25) is 0 Å². The molecular weight excluding hydrogens is 196 g/mol. The van der Waals surface area contributed by atoms with Crippen LogP contribution in [0.25, 0.3) is 0 Å². The molecule has 0 bridgehead atoms. The Hall–Kier alpha value is -0.0800. The van der Waals surface area contributed by atoms with Gasteiger partial charge in [-0.15, -0.1) is 0 Å².